The highest BCUT2D eigenvalue weighted by atomic mass is 32.2. The van der Waals surface area contributed by atoms with Crippen LogP contribution in [0.2, 0.25) is 0 Å². The SMILES string of the molecule is CCCN=C(N)Nc1ccnc(SCCCC(N)=O)n1.O=C(O)/C=C\C(=O)O. The lowest BCUT2D eigenvalue weighted by atomic mass is 10.3. The van der Waals surface area contributed by atoms with E-state index in [1.807, 2.05) is 6.92 Å². The molecule has 0 aliphatic rings. The lowest BCUT2D eigenvalue weighted by Crippen LogP contribution is -2.23. The number of primary amides is 1. The number of aliphatic carboxylic acids is 2. The van der Waals surface area contributed by atoms with Crippen molar-refractivity contribution in [2.24, 2.45) is 16.5 Å². The molecule has 11 nitrogen and oxygen atoms in total. The van der Waals surface area contributed by atoms with Crippen LogP contribution in [-0.2, 0) is 14.4 Å². The third kappa shape index (κ3) is 15.1. The molecular formula is C16H24N6O5S. The molecule has 7 N–H and O–H groups in total. The molecule has 0 aromatic carbocycles. The van der Waals surface area contributed by atoms with Crippen LogP contribution in [0.5, 0.6) is 0 Å². The number of hydrogen-bond acceptors (Lipinski definition) is 7. The Morgan fingerprint density at radius 2 is 1.89 bits per heavy atom. The Kier molecular flexibility index (Phi) is 13.3. The van der Waals surface area contributed by atoms with Crippen molar-refractivity contribution < 1.29 is 24.6 Å². The van der Waals surface area contributed by atoms with Gasteiger partial charge in [0.25, 0.3) is 0 Å². The molecule has 1 heterocycles. The maximum Gasteiger partial charge on any atom is 0.328 e. The monoisotopic (exact) mass is 412 g/mol. The summed E-state index contributed by atoms with van der Waals surface area (Å²) in [4.78, 5) is 42.3. The summed E-state index contributed by atoms with van der Waals surface area (Å²) >= 11 is 1.47. The molecule has 12 heteroatoms. The van der Waals surface area contributed by atoms with E-state index in [1.54, 1.807) is 12.3 Å². The fraction of sp³-hybridized carbons (Fsp3) is 0.375. The number of rotatable bonds is 10. The Morgan fingerprint density at radius 1 is 1.25 bits per heavy atom. The molecule has 1 amide bonds. The van der Waals surface area contributed by atoms with Crippen LogP contribution in [0.15, 0.2) is 34.6 Å². The Balaban J connectivity index is 0.000000769. The molecule has 0 saturated heterocycles. The van der Waals surface area contributed by atoms with Crippen molar-refractivity contribution >= 4 is 41.4 Å². The molecular weight excluding hydrogens is 388 g/mol. The van der Waals surface area contributed by atoms with Gasteiger partial charge in [-0.2, -0.15) is 0 Å². The van der Waals surface area contributed by atoms with Crippen LogP contribution >= 0.6 is 11.8 Å². The number of carboxylic acid groups (broad SMARTS) is 2. The van der Waals surface area contributed by atoms with Crippen molar-refractivity contribution in [1.82, 2.24) is 9.97 Å². The summed E-state index contributed by atoms with van der Waals surface area (Å²) < 4.78 is 0. The van der Waals surface area contributed by atoms with E-state index in [2.05, 4.69) is 20.3 Å². The van der Waals surface area contributed by atoms with Crippen LogP contribution in [0.4, 0.5) is 5.82 Å². The number of amides is 1. The smallest absolute Gasteiger partial charge is 0.328 e. The maximum atomic E-state index is 10.6. The lowest BCUT2D eigenvalue weighted by molar-refractivity contribution is -0.134. The van der Waals surface area contributed by atoms with Gasteiger partial charge in [0, 0.05) is 37.1 Å². The topological polar surface area (TPSA) is 194 Å². The first-order valence-corrected chi connectivity index (χ1v) is 9.18. The lowest BCUT2D eigenvalue weighted by Gasteiger charge is -2.05. The van der Waals surface area contributed by atoms with E-state index >= 15 is 0 Å². The van der Waals surface area contributed by atoms with Gasteiger partial charge in [-0.3, -0.25) is 9.79 Å². The molecule has 28 heavy (non-hydrogen) atoms. The number of hydrogen-bond donors (Lipinski definition) is 5. The zero-order chi connectivity index (χ0) is 21.4. The summed E-state index contributed by atoms with van der Waals surface area (Å²) in [5, 5.41) is 19.2. The molecule has 0 fully saturated rings. The normalized spacial score (nSPS) is 10.8. The quantitative estimate of drug-likeness (QED) is 0.0910. The molecule has 0 unspecified atom stereocenters. The molecule has 0 atom stereocenters. The first kappa shape index (κ1) is 24.8. The van der Waals surface area contributed by atoms with Gasteiger partial charge in [0.1, 0.15) is 5.82 Å². The third-order valence-corrected chi connectivity index (χ3v) is 3.51. The maximum absolute atomic E-state index is 10.6. The molecule has 0 spiro atoms. The number of aliphatic imine (C=N–C) groups is 1. The minimum atomic E-state index is -1.26. The number of guanidine groups is 1. The zero-order valence-electron chi connectivity index (χ0n) is 15.4. The fourth-order valence-electron chi connectivity index (χ4n) is 1.44. The molecule has 1 aromatic heterocycles. The standard InChI is InChI=1S/C12H20N6OS.C4H4O4/c1-2-6-15-11(14)17-10-5-7-16-12(18-10)20-8-3-4-9(13)19;5-3(6)1-2-4(7)8/h5,7H,2-4,6,8H2,1H3,(H2,13,19)(H3,14,15,16,17,18);1-2H,(H,5,6)(H,7,8)/b;2-1-. The second-order valence-corrected chi connectivity index (χ2v) is 6.11. The van der Waals surface area contributed by atoms with Crippen molar-refractivity contribution in [1.29, 1.82) is 0 Å². The predicted octanol–water partition coefficient (Wildman–Crippen LogP) is 0.683. The number of nitrogens with one attached hydrogen (secondary N) is 1. The van der Waals surface area contributed by atoms with Crippen molar-refractivity contribution in [3.63, 3.8) is 0 Å². The Morgan fingerprint density at radius 3 is 2.43 bits per heavy atom. The van der Waals surface area contributed by atoms with Gasteiger partial charge < -0.3 is 27.0 Å². The largest absolute Gasteiger partial charge is 0.478 e. The number of carbonyl (C=O) groups excluding carboxylic acids is 1. The number of nitrogens with zero attached hydrogens (tertiary/aromatic N) is 3. The summed E-state index contributed by atoms with van der Waals surface area (Å²) in [6.45, 7) is 2.71. The van der Waals surface area contributed by atoms with Gasteiger partial charge in [0.15, 0.2) is 11.1 Å². The van der Waals surface area contributed by atoms with Gasteiger partial charge in [-0.15, -0.1) is 0 Å². The van der Waals surface area contributed by atoms with E-state index in [4.69, 9.17) is 21.7 Å². The van der Waals surface area contributed by atoms with Gasteiger partial charge in [0.05, 0.1) is 0 Å². The Hall–Kier alpha value is -3.15. The summed E-state index contributed by atoms with van der Waals surface area (Å²) in [6.07, 6.45) is 4.79. The molecule has 154 valence electrons. The van der Waals surface area contributed by atoms with Crippen molar-refractivity contribution in [3.8, 4) is 0 Å². The van der Waals surface area contributed by atoms with Crippen LogP contribution in [0.1, 0.15) is 26.2 Å². The second-order valence-electron chi connectivity index (χ2n) is 5.04. The molecule has 0 saturated carbocycles. The highest BCUT2D eigenvalue weighted by molar-refractivity contribution is 7.99. The third-order valence-electron chi connectivity index (χ3n) is 2.56. The number of carboxylic acids is 2. The van der Waals surface area contributed by atoms with Gasteiger partial charge in [-0.05, 0) is 18.9 Å². The van der Waals surface area contributed by atoms with Crippen LogP contribution in [0.25, 0.3) is 0 Å². The molecule has 1 rings (SSSR count). The van der Waals surface area contributed by atoms with Crippen molar-refractivity contribution in [3.05, 3.63) is 24.4 Å². The minimum absolute atomic E-state index is 0.290. The van der Waals surface area contributed by atoms with Crippen LogP contribution in [-0.4, -0.2) is 56.3 Å². The minimum Gasteiger partial charge on any atom is -0.478 e. The van der Waals surface area contributed by atoms with E-state index in [0.717, 1.165) is 12.2 Å². The average Bonchev–Trinajstić information content (AvgIpc) is 2.62. The van der Waals surface area contributed by atoms with Crippen LogP contribution < -0.4 is 16.8 Å². The van der Waals surface area contributed by atoms with Gasteiger partial charge in [0.2, 0.25) is 5.91 Å². The number of thioether (sulfide) groups is 1. The first-order valence-electron chi connectivity index (χ1n) is 8.19. The summed E-state index contributed by atoms with van der Waals surface area (Å²) in [5.74, 6) is -1.11. The number of nitrogens with two attached hydrogens (primary N) is 2. The molecule has 0 bridgehead atoms. The number of anilines is 1. The highest BCUT2D eigenvalue weighted by Gasteiger charge is 2.02. The summed E-state index contributed by atoms with van der Waals surface area (Å²) in [6, 6.07) is 1.72. The predicted molar refractivity (Wildman–Crippen MR) is 106 cm³/mol. The number of carbonyl (C=O) groups is 3. The molecule has 0 aliphatic carbocycles. The van der Waals surface area contributed by atoms with E-state index < -0.39 is 11.9 Å². The van der Waals surface area contributed by atoms with Crippen molar-refractivity contribution in [2.45, 2.75) is 31.3 Å². The van der Waals surface area contributed by atoms with Crippen LogP contribution in [0.3, 0.4) is 0 Å². The zero-order valence-corrected chi connectivity index (χ0v) is 16.2. The van der Waals surface area contributed by atoms with Gasteiger partial charge >= 0.3 is 11.9 Å². The first-order chi connectivity index (χ1) is 13.2. The average molecular weight is 412 g/mol. The fourth-order valence-corrected chi connectivity index (χ4v) is 2.20. The molecule has 0 radical (unpaired) electrons. The van der Waals surface area contributed by atoms with Gasteiger partial charge in [-0.25, -0.2) is 19.6 Å². The molecule has 0 aliphatic heterocycles. The van der Waals surface area contributed by atoms with Crippen molar-refractivity contribution in [2.75, 3.05) is 17.6 Å². The number of aromatic nitrogens is 2. The second kappa shape index (κ2) is 15.0. The van der Waals surface area contributed by atoms with Crippen LogP contribution in [0, 0.1) is 0 Å². The van der Waals surface area contributed by atoms with E-state index in [9.17, 15) is 14.4 Å². The van der Waals surface area contributed by atoms with E-state index in [-0.39, 0.29) is 5.91 Å². The Bertz CT molecular complexity index is 695. The summed E-state index contributed by atoms with van der Waals surface area (Å²) in [7, 11) is 0. The van der Waals surface area contributed by atoms with E-state index in [0.29, 0.717) is 48.5 Å². The van der Waals surface area contributed by atoms with Gasteiger partial charge in [-0.1, -0.05) is 18.7 Å². The van der Waals surface area contributed by atoms with E-state index in [1.165, 1.54) is 11.8 Å². The summed E-state index contributed by atoms with van der Waals surface area (Å²) in [5.41, 5.74) is 10.8. The molecule has 1 aromatic rings. The Labute approximate surface area is 166 Å². The highest BCUT2D eigenvalue weighted by Crippen LogP contribution is 2.15.